The quantitative estimate of drug-likeness (QED) is 0.813. The van der Waals surface area contributed by atoms with Gasteiger partial charge in [-0.05, 0) is 30.7 Å². The van der Waals surface area contributed by atoms with Crippen LogP contribution in [-0.4, -0.2) is 25.3 Å². The van der Waals surface area contributed by atoms with Gasteiger partial charge in [0.1, 0.15) is 24.3 Å². The Kier molecular flexibility index (Phi) is 3.98. The van der Waals surface area contributed by atoms with E-state index >= 15 is 0 Å². The number of thiazole rings is 1. The molecule has 0 bridgehead atoms. The standard InChI is InChI=1S/C16H14N2O3S/c1-10-9-22-16(18-10)12(8-17)5-11-6-13(19-2)15-14(7-11)20-3-4-21-15/h5-7,9H,3-4H2,1-2H3/b12-5+. The minimum absolute atomic E-state index is 0.500. The van der Waals surface area contributed by atoms with E-state index in [1.807, 2.05) is 24.4 Å². The van der Waals surface area contributed by atoms with Gasteiger partial charge in [0.15, 0.2) is 11.5 Å². The van der Waals surface area contributed by atoms with E-state index in [2.05, 4.69) is 11.1 Å². The fraction of sp³-hybridized carbons (Fsp3) is 0.250. The second-order valence-electron chi connectivity index (χ2n) is 4.71. The first-order chi connectivity index (χ1) is 10.7. The third kappa shape index (κ3) is 2.76. The molecule has 5 nitrogen and oxygen atoms in total. The fourth-order valence-corrected chi connectivity index (χ4v) is 2.93. The Morgan fingerprint density at radius 1 is 1.41 bits per heavy atom. The minimum Gasteiger partial charge on any atom is -0.493 e. The normalized spacial score (nSPS) is 13.6. The second-order valence-corrected chi connectivity index (χ2v) is 5.57. The Balaban J connectivity index is 2.04. The van der Waals surface area contributed by atoms with Crippen LogP contribution in [0, 0.1) is 18.3 Å². The summed E-state index contributed by atoms with van der Waals surface area (Å²) in [6.07, 6.45) is 1.78. The number of rotatable bonds is 3. The SMILES string of the molecule is COc1cc(/C=C(\C#N)c2nc(C)cs2)cc2c1OCCO2. The van der Waals surface area contributed by atoms with Gasteiger partial charge in [0.2, 0.25) is 5.75 Å². The van der Waals surface area contributed by atoms with Gasteiger partial charge in [0.25, 0.3) is 0 Å². The van der Waals surface area contributed by atoms with E-state index in [-0.39, 0.29) is 0 Å². The van der Waals surface area contributed by atoms with Gasteiger partial charge in [-0.15, -0.1) is 11.3 Å². The maximum Gasteiger partial charge on any atom is 0.203 e. The third-order valence-electron chi connectivity index (χ3n) is 3.13. The number of benzene rings is 1. The molecule has 0 atom stereocenters. The molecule has 112 valence electrons. The molecule has 0 radical (unpaired) electrons. The molecule has 0 amide bonds. The summed E-state index contributed by atoms with van der Waals surface area (Å²) in [5.41, 5.74) is 2.23. The topological polar surface area (TPSA) is 64.4 Å². The predicted octanol–water partition coefficient (Wildman–Crippen LogP) is 3.30. The molecular formula is C16H14N2O3S. The zero-order valence-electron chi connectivity index (χ0n) is 12.3. The van der Waals surface area contributed by atoms with Crippen LogP contribution in [0.4, 0.5) is 0 Å². The Bertz CT molecular complexity index is 757. The zero-order chi connectivity index (χ0) is 15.5. The third-order valence-corrected chi connectivity index (χ3v) is 4.12. The van der Waals surface area contributed by atoms with Gasteiger partial charge in [-0.25, -0.2) is 4.98 Å². The van der Waals surface area contributed by atoms with Crippen molar-refractivity contribution < 1.29 is 14.2 Å². The monoisotopic (exact) mass is 314 g/mol. The fourth-order valence-electron chi connectivity index (χ4n) is 2.16. The lowest BCUT2D eigenvalue weighted by molar-refractivity contribution is 0.165. The van der Waals surface area contributed by atoms with Crippen LogP contribution in [0.1, 0.15) is 16.3 Å². The van der Waals surface area contributed by atoms with E-state index in [0.29, 0.717) is 41.0 Å². The number of nitriles is 1. The number of ether oxygens (including phenoxy) is 3. The molecule has 22 heavy (non-hydrogen) atoms. The van der Waals surface area contributed by atoms with Gasteiger partial charge < -0.3 is 14.2 Å². The van der Waals surface area contributed by atoms with E-state index in [1.54, 1.807) is 13.2 Å². The molecule has 0 saturated heterocycles. The lowest BCUT2D eigenvalue weighted by atomic mass is 10.1. The summed E-state index contributed by atoms with van der Waals surface area (Å²) in [6.45, 7) is 2.91. The second kappa shape index (κ2) is 6.08. The number of nitrogens with zero attached hydrogens (tertiary/aromatic N) is 2. The summed E-state index contributed by atoms with van der Waals surface area (Å²) in [5.74, 6) is 1.83. The van der Waals surface area contributed by atoms with Crippen LogP contribution in [0.5, 0.6) is 17.2 Å². The largest absolute Gasteiger partial charge is 0.493 e. The van der Waals surface area contributed by atoms with Crippen molar-refractivity contribution in [3.8, 4) is 23.3 Å². The molecule has 1 aromatic heterocycles. The number of methoxy groups -OCH3 is 1. The number of aromatic nitrogens is 1. The summed E-state index contributed by atoms with van der Waals surface area (Å²) in [7, 11) is 1.58. The minimum atomic E-state index is 0.500. The van der Waals surface area contributed by atoms with E-state index in [4.69, 9.17) is 14.2 Å². The molecule has 0 fully saturated rings. The Hall–Kier alpha value is -2.52. The van der Waals surface area contributed by atoms with Crippen LogP contribution < -0.4 is 14.2 Å². The maximum atomic E-state index is 9.38. The maximum absolute atomic E-state index is 9.38. The van der Waals surface area contributed by atoms with Crippen molar-refractivity contribution in [1.29, 1.82) is 5.26 Å². The number of aryl methyl sites for hydroxylation is 1. The molecule has 0 aliphatic carbocycles. The van der Waals surface area contributed by atoms with Crippen LogP contribution in [0.15, 0.2) is 17.5 Å². The average molecular weight is 314 g/mol. The molecule has 0 N–H and O–H groups in total. The smallest absolute Gasteiger partial charge is 0.203 e. The highest BCUT2D eigenvalue weighted by Crippen LogP contribution is 2.41. The number of fused-ring (bicyclic) bond motifs is 1. The van der Waals surface area contributed by atoms with E-state index in [0.717, 1.165) is 11.3 Å². The van der Waals surface area contributed by atoms with Gasteiger partial charge >= 0.3 is 0 Å². The van der Waals surface area contributed by atoms with Crippen molar-refractivity contribution in [2.45, 2.75) is 6.92 Å². The van der Waals surface area contributed by atoms with Crippen molar-refractivity contribution in [2.75, 3.05) is 20.3 Å². The number of hydrogen-bond acceptors (Lipinski definition) is 6. The van der Waals surface area contributed by atoms with Gasteiger partial charge in [0, 0.05) is 11.1 Å². The zero-order valence-corrected chi connectivity index (χ0v) is 13.1. The highest BCUT2D eigenvalue weighted by molar-refractivity contribution is 7.11. The summed E-state index contributed by atoms with van der Waals surface area (Å²) in [4.78, 5) is 4.35. The lowest BCUT2D eigenvalue weighted by Gasteiger charge is -2.21. The summed E-state index contributed by atoms with van der Waals surface area (Å²) in [5, 5.41) is 12.0. The average Bonchev–Trinajstić information content (AvgIpc) is 2.98. The highest BCUT2D eigenvalue weighted by atomic mass is 32.1. The van der Waals surface area contributed by atoms with Crippen LogP contribution >= 0.6 is 11.3 Å². The van der Waals surface area contributed by atoms with E-state index in [1.165, 1.54) is 11.3 Å². The van der Waals surface area contributed by atoms with Crippen LogP contribution in [0.2, 0.25) is 0 Å². The molecule has 3 rings (SSSR count). The molecule has 6 heteroatoms. The van der Waals surface area contributed by atoms with Gasteiger partial charge in [-0.1, -0.05) is 0 Å². The highest BCUT2D eigenvalue weighted by Gasteiger charge is 2.18. The lowest BCUT2D eigenvalue weighted by Crippen LogP contribution is -2.16. The van der Waals surface area contributed by atoms with Crippen molar-refractivity contribution in [3.05, 3.63) is 33.8 Å². The molecule has 2 heterocycles. The molecule has 0 saturated carbocycles. The van der Waals surface area contributed by atoms with Crippen molar-refractivity contribution >= 4 is 23.0 Å². The molecule has 1 aliphatic rings. The van der Waals surface area contributed by atoms with Crippen LogP contribution in [0.25, 0.3) is 11.6 Å². The molecule has 0 unspecified atom stereocenters. The first-order valence-corrected chi connectivity index (χ1v) is 7.61. The Morgan fingerprint density at radius 2 is 2.23 bits per heavy atom. The molecule has 0 spiro atoms. The first-order valence-electron chi connectivity index (χ1n) is 6.73. The van der Waals surface area contributed by atoms with Crippen LogP contribution in [0.3, 0.4) is 0 Å². The van der Waals surface area contributed by atoms with Crippen molar-refractivity contribution in [1.82, 2.24) is 4.98 Å². The van der Waals surface area contributed by atoms with Gasteiger partial charge in [-0.3, -0.25) is 0 Å². The Labute approximate surface area is 132 Å². The van der Waals surface area contributed by atoms with E-state index in [9.17, 15) is 5.26 Å². The molecule has 2 aromatic rings. The summed E-state index contributed by atoms with van der Waals surface area (Å²) >= 11 is 1.45. The Morgan fingerprint density at radius 3 is 2.91 bits per heavy atom. The summed E-state index contributed by atoms with van der Waals surface area (Å²) < 4.78 is 16.5. The van der Waals surface area contributed by atoms with Crippen LogP contribution in [-0.2, 0) is 0 Å². The van der Waals surface area contributed by atoms with Crippen molar-refractivity contribution in [2.24, 2.45) is 0 Å². The first kappa shape index (κ1) is 14.4. The van der Waals surface area contributed by atoms with Crippen molar-refractivity contribution in [3.63, 3.8) is 0 Å². The summed E-state index contributed by atoms with van der Waals surface area (Å²) in [6, 6.07) is 5.86. The predicted molar refractivity (Wildman–Crippen MR) is 84.3 cm³/mol. The molecule has 1 aliphatic heterocycles. The van der Waals surface area contributed by atoms with Gasteiger partial charge in [-0.2, -0.15) is 5.26 Å². The number of allylic oxidation sites excluding steroid dienone is 1. The van der Waals surface area contributed by atoms with Gasteiger partial charge in [0.05, 0.1) is 12.7 Å². The van der Waals surface area contributed by atoms with E-state index < -0.39 is 0 Å². The number of hydrogen-bond donors (Lipinski definition) is 0. The molecular weight excluding hydrogens is 300 g/mol. The molecule has 1 aromatic carbocycles.